The highest BCUT2D eigenvalue weighted by atomic mass is 16.5. The van der Waals surface area contributed by atoms with E-state index in [9.17, 15) is 0 Å². The van der Waals surface area contributed by atoms with Crippen molar-refractivity contribution >= 4 is 10.8 Å². The fourth-order valence-electron chi connectivity index (χ4n) is 1.42. The van der Waals surface area contributed by atoms with Crippen molar-refractivity contribution < 1.29 is 5.21 Å². The highest BCUT2D eigenvalue weighted by molar-refractivity contribution is 5.84. The zero-order valence-electron chi connectivity index (χ0n) is 7.07. The molecular formula is C10H10N2O. The molecule has 0 atom stereocenters. The van der Waals surface area contributed by atoms with Gasteiger partial charge < -0.3 is 5.21 Å². The molecule has 0 aliphatic rings. The number of aromatic nitrogens is 1. The second-order valence-corrected chi connectivity index (χ2v) is 2.85. The monoisotopic (exact) mass is 174 g/mol. The minimum Gasteiger partial charge on any atom is -0.316 e. The van der Waals surface area contributed by atoms with Gasteiger partial charge in [-0.3, -0.25) is 4.98 Å². The predicted molar refractivity (Wildman–Crippen MR) is 50.4 cm³/mol. The van der Waals surface area contributed by atoms with E-state index in [4.69, 9.17) is 5.21 Å². The lowest BCUT2D eigenvalue weighted by Crippen LogP contribution is -2.06. The Morgan fingerprint density at radius 3 is 3.08 bits per heavy atom. The Hall–Kier alpha value is -1.45. The van der Waals surface area contributed by atoms with E-state index in [1.165, 1.54) is 0 Å². The van der Waals surface area contributed by atoms with Crippen LogP contribution in [0.2, 0.25) is 0 Å². The largest absolute Gasteiger partial charge is 0.316 e. The lowest BCUT2D eigenvalue weighted by atomic mass is 10.1. The molecule has 2 aromatic rings. The molecule has 66 valence electrons. The molecule has 1 aromatic heterocycles. The van der Waals surface area contributed by atoms with Crippen molar-refractivity contribution in [3.8, 4) is 0 Å². The number of fused-ring (bicyclic) bond motifs is 1. The van der Waals surface area contributed by atoms with E-state index in [0.717, 1.165) is 16.3 Å². The standard InChI is InChI=1S/C10H10N2O/c13-12-6-9-3-1-2-8-4-5-11-7-10(8)9/h1-5,7,12-13H,6H2. The van der Waals surface area contributed by atoms with Gasteiger partial charge in [-0.25, -0.2) is 5.48 Å². The van der Waals surface area contributed by atoms with Crippen LogP contribution in [-0.2, 0) is 6.54 Å². The Labute approximate surface area is 76.0 Å². The SMILES string of the molecule is ONCc1cccc2ccncc12. The highest BCUT2D eigenvalue weighted by Crippen LogP contribution is 2.16. The lowest BCUT2D eigenvalue weighted by Gasteiger charge is -2.03. The molecule has 0 aliphatic heterocycles. The van der Waals surface area contributed by atoms with Gasteiger partial charge in [-0.1, -0.05) is 18.2 Å². The summed E-state index contributed by atoms with van der Waals surface area (Å²) in [5.74, 6) is 0. The van der Waals surface area contributed by atoms with Gasteiger partial charge in [-0.15, -0.1) is 0 Å². The summed E-state index contributed by atoms with van der Waals surface area (Å²) in [6.07, 6.45) is 3.57. The Morgan fingerprint density at radius 1 is 1.31 bits per heavy atom. The third kappa shape index (κ3) is 1.52. The van der Waals surface area contributed by atoms with Crippen LogP contribution in [-0.4, -0.2) is 10.2 Å². The molecule has 0 saturated heterocycles. The van der Waals surface area contributed by atoms with Crippen molar-refractivity contribution in [3.05, 3.63) is 42.2 Å². The average Bonchev–Trinajstić information content (AvgIpc) is 2.19. The number of nitrogens with one attached hydrogen (secondary N) is 1. The second-order valence-electron chi connectivity index (χ2n) is 2.85. The number of pyridine rings is 1. The first-order chi connectivity index (χ1) is 6.42. The first-order valence-electron chi connectivity index (χ1n) is 4.10. The van der Waals surface area contributed by atoms with Gasteiger partial charge in [0.2, 0.25) is 0 Å². The summed E-state index contributed by atoms with van der Waals surface area (Å²) in [4.78, 5) is 4.05. The van der Waals surface area contributed by atoms with Crippen molar-refractivity contribution in [2.45, 2.75) is 6.54 Å². The van der Waals surface area contributed by atoms with Gasteiger partial charge in [0, 0.05) is 24.3 Å². The van der Waals surface area contributed by atoms with E-state index in [1.807, 2.05) is 30.5 Å². The molecular weight excluding hydrogens is 164 g/mol. The Bertz CT molecular complexity index is 409. The third-order valence-electron chi connectivity index (χ3n) is 2.04. The maximum Gasteiger partial charge on any atom is 0.0464 e. The molecule has 0 aliphatic carbocycles. The molecule has 2 N–H and O–H groups in total. The minimum absolute atomic E-state index is 0.447. The fraction of sp³-hybridized carbons (Fsp3) is 0.100. The normalized spacial score (nSPS) is 10.5. The lowest BCUT2D eigenvalue weighted by molar-refractivity contribution is 0.161. The smallest absolute Gasteiger partial charge is 0.0464 e. The number of hydrogen-bond donors (Lipinski definition) is 2. The van der Waals surface area contributed by atoms with E-state index in [0.29, 0.717) is 6.54 Å². The molecule has 1 aromatic carbocycles. The zero-order valence-corrected chi connectivity index (χ0v) is 7.07. The summed E-state index contributed by atoms with van der Waals surface area (Å²) in [5.41, 5.74) is 3.20. The van der Waals surface area contributed by atoms with Gasteiger partial charge in [0.05, 0.1) is 0 Å². The molecule has 3 nitrogen and oxygen atoms in total. The average molecular weight is 174 g/mol. The molecule has 0 radical (unpaired) electrons. The minimum atomic E-state index is 0.447. The predicted octanol–water partition coefficient (Wildman–Crippen LogP) is 1.71. The Balaban J connectivity index is 2.61. The van der Waals surface area contributed by atoms with Crippen LogP contribution < -0.4 is 5.48 Å². The summed E-state index contributed by atoms with van der Waals surface area (Å²) in [6.45, 7) is 0.447. The van der Waals surface area contributed by atoms with Gasteiger partial charge in [-0.05, 0) is 17.0 Å². The highest BCUT2D eigenvalue weighted by Gasteiger charge is 1.98. The number of hydrogen-bond acceptors (Lipinski definition) is 3. The maximum atomic E-state index is 8.61. The summed E-state index contributed by atoms with van der Waals surface area (Å²) in [5, 5.41) is 10.8. The van der Waals surface area contributed by atoms with Gasteiger partial charge in [0.1, 0.15) is 0 Å². The summed E-state index contributed by atoms with van der Waals surface area (Å²) in [6, 6.07) is 7.91. The molecule has 1 heterocycles. The number of benzene rings is 1. The van der Waals surface area contributed by atoms with E-state index in [1.54, 1.807) is 6.20 Å². The van der Waals surface area contributed by atoms with Crippen molar-refractivity contribution in [2.24, 2.45) is 0 Å². The Morgan fingerprint density at radius 2 is 2.23 bits per heavy atom. The summed E-state index contributed by atoms with van der Waals surface area (Å²) >= 11 is 0. The van der Waals surface area contributed by atoms with E-state index in [2.05, 4.69) is 10.5 Å². The molecule has 13 heavy (non-hydrogen) atoms. The van der Waals surface area contributed by atoms with Crippen LogP contribution in [0.1, 0.15) is 5.56 Å². The second kappa shape index (κ2) is 3.51. The van der Waals surface area contributed by atoms with Crippen LogP contribution in [0.5, 0.6) is 0 Å². The van der Waals surface area contributed by atoms with E-state index < -0.39 is 0 Å². The number of rotatable bonds is 2. The molecule has 0 amide bonds. The van der Waals surface area contributed by atoms with Crippen molar-refractivity contribution in [3.63, 3.8) is 0 Å². The van der Waals surface area contributed by atoms with Crippen LogP contribution in [0.15, 0.2) is 36.7 Å². The molecule has 0 saturated carbocycles. The maximum absolute atomic E-state index is 8.61. The third-order valence-corrected chi connectivity index (χ3v) is 2.04. The Kier molecular flexibility index (Phi) is 2.21. The van der Waals surface area contributed by atoms with Gasteiger partial charge >= 0.3 is 0 Å². The molecule has 3 heteroatoms. The zero-order chi connectivity index (χ0) is 9.10. The van der Waals surface area contributed by atoms with Gasteiger partial charge in [0.15, 0.2) is 0 Å². The molecule has 0 spiro atoms. The quantitative estimate of drug-likeness (QED) is 0.681. The summed E-state index contributed by atoms with van der Waals surface area (Å²) < 4.78 is 0. The summed E-state index contributed by atoms with van der Waals surface area (Å²) in [7, 11) is 0. The number of hydroxylamine groups is 1. The van der Waals surface area contributed by atoms with E-state index in [-0.39, 0.29) is 0 Å². The van der Waals surface area contributed by atoms with Crippen molar-refractivity contribution in [1.82, 2.24) is 10.5 Å². The topological polar surface area (TPSA) is 45.1 Å². The molecule has 2 rings (SSSR count). The molecule has 0 unspecified atom stereocenters. The molecule has 0 fully saturated rings. The first kappa shape index (κ1) is 8.16. The van der Waals surface area contributed by atoms with Crippen LogP contribution in [0, 0.1) is 0 Å². The van der Waals surface area contributed by atoms with Crippen LogP contribution >= 0.6 is 0 Å². The van der Waals surface area contributed by atoms with E-state index >= 15 is 0 Å². The van der Waals surface area contributed by atoms with Crippen LogP contribution in [0.3, 0.4) is 0 Å². The van der Waals surface area contributed by atoms with Crippen LogP contribution in [0.25, 0.3) is 10.8 Å². The van der Waals surface area contributed by atoms with Crippen molar-refractivity contribution in [1.29, 1.82) is 0 Å². The fourth-order valence-corrected chi connectivity index (χ4v) is 1.42. The van der Waals surface area contributed by atoms with Crippen LogP contribution in [0.4, 0.5) is 0 Å². The van der Waals surface area contributed by atoms with Crippen molar-refractivity contribution in [2.75, 3.05) is 0 Å². The van der Waals surface area contributed by atoms with Gasteiger partial charge in [-0.2, -0.15) is 0 Å². The first-order valence-corrected chi connectivity index (χ1v) is 4.10. The van der Waals surface area contributed by atoms with Gasteiger partial charge in [0.25, 0.3) is 0 Å². The number of nitrogens with zero attached hydrogens (tertiary/aromatic N) is 1. The molecule has 0 bridgehead atoms.